The number of carbonyl (C=O) groups excluding carboxylic acids is 1. The third-order valence-electron chi connectivity index (χ3n) is 4.83. The van der Waals surface area contributed by atoms with Crippen molar-refractivity contribution in [2.24, 2.45) is 0 Å². The fraction of sp³-hybridized carbons (Fsp3) is 0.300. The van der Waals surface area contributed by atoms with Crippen LogP contribution in [0.5, 0.6) is 0 Å². The van der Waals surface area contributed by atoms with Gasteiger partial charge in [0.25, 0.3) is 5.76 Å². The van der Waals surface area contributed by atoms with Crippen molar-refractivity contribution in [3.8, 4) is 0 Å². The molecule has 1 aliphatic rings. The van der Waals surface area contributed by atoms with Crippen LogP contribution >= 0.6 is 11.8 Å². The van der Waals surface area contributed by atoms with E-state index < -0.39 is 5.76 Å². The van der Waals surface area contributed by atoms with Gasteiger partial charge in [0.15, 0.2) is 5.16 Å². The molecule has 0 aliphatic heterocycles. The zero-order chi connectivity index (χ0) is 18.8. The molecule has 140 valence electrons. The number of carbonyl (C=O) groups is 1. The number of aromatic nitrogens is 2. The summed E-state index contributed by atoms with van der Waals surface area (Å²) in [6.07, 6.45) is 2.61. The number of aryl methyl sites for hydroxylation is 1. The average molecular weight is 387 g/mol. The molecular weight excluding hydrogens is 368 g/mol. The second kappa shape index (κ2) is 7.68. The Morgan fingerprint density at radius 1 is 1.19 bits per heavy atom. The molecule has 4 rings (SSSR count). The van der Waals surface area contributed by atoms with E-state index in [1.54, 1.807) is 22.8 Å². The van der Waals surface area contributed by atoms with Gasteiger partial charge in [0.1, 0.15) is 6.54 Å². The van der Waals surface area contributed by atoms with E-state index in [1.165, 1.54) is 11.1 Å². The van der Waals surface area contributed by atoms with Crippen molar-refractivity contribution in [1.82, 2.24) is 14.9 Å². The van der Waals surface area contributed by atoms with E-state index in [-0.39, 0.29) is 23.7 Å². The lowest BCUT2D eigenvalue weighted by molar-refractivity contribution is -0.122. The maximum absolute atomic E-state index is 12.9. The number of rotatable bonds is 5. The lowest BCUT2D eigenvalue weighted by atomic mass is 9.88. The number of halogens is 2. The quantitative estimate of drug-likeness (QED) is 0.673. The maximum Gasteiger partial charge on any atom is 0.291 e. The molecule has 4 nitrogen and oxygen atoms in total. The first-order valence-electron chi connectivity index (χ1n) is 8.86. The molecule has 1 unspecified atom stereocenters. The Kier molecular flexibility index (Phi) is 5.11. The molecule has 0 bridgehead atoms. The number of amides is 1. The molecule has 1 aliphatic carbocycles. The molecule has 0 saturated carbocycles. The van der Waals surface area contributed by atoms with E-state index in [4.69, 9.17) is 0 Å². The van der Waals surface area contributed by atoms with E-state index >= 15 is 0 Å². The second-order valence-electron chi connectivity index (χ2n) is 6.62. The minimum Gasteiger partial charge on any atom is -0.351 e. The second-order valence-corrected chi connectivity index (χ2v) is 7.58. The highest BCUT2D eigenvalue weighted by atomic mass is 32.2. The first-order chi connectivity index (χ1) is 13.1. The molecule has 0 fully saturated rings. The van der Waals surface area contributed by atoms with E-state index in [9.17, 15) is 13.6 Å². The summed E-state index contributed by atoms with van der Waals surface area (Å²) in [5.74, 6) is -2.77. The van der Waals surface area contributed by atoms with Gasteiger partial charge < -0.3 is 9.88 Å². The van der Waals surface area contributed by atoms with Crippen LogP contribution in [0.15, 0.2) is 53.7 Å². The van der Waals surface area contributed by atoms with Gasteiger partial charge in [0.05, 0.1) is 11.0 Å². The Labute approximate surface area is 160 Å². The van der Waals surface area contributed by atoms with Crippen LogP contribution in [0.25, 0.3) is 11.0 Å². The number of hydrogen-bond acceptors (Lipinski definition) is 3. The molecule has 0 radical (unpaired) electrons. The highest BCUT2D eigenvalue weighted by Crippen LogP contribution is 2.28. The number of imidazole rings is 1. The summed E-state index contributed by atoms with van der Waals surface area (Å²) >= 11 is 0.368. The predicted molar refractivity (Wildman–Crippen MR) is 102 cm³/mol. The zero-order valence-electron chi connectivity index (χ0n) is 14.6. The van der Waals surface area contributed by atoms with Crippen LogP contribution in [0.1, 0.15) is 17.5 Å². The van der Waals surface area contributed by atoms with Crippen molar-refractivity contribution in [2.75, 3.05) is 0 Å². The van der Waals surface area contributed by atoms with E-state index in [0.717, 1.165) is 19.3 Å². The summed E-state index contributed by atoms with van der Waals surface area (Å²) in [7, 11) is 0. The predicted octanol–water partition coefficient (Wildman–Crippen LogP) is 4.02. The van der Waals surface area contributed by atoms with Gasteiger partial charge in [-0.25, -0.2) is 4.98 Å². The molecule has 3 aromatic rings. The van der Waals surface area contributed by atoms with Crippen molar-refractivity contribution in [2.45, 2.75) is 42.8 Å². The Balaban J connectivity index is 1.50. The van der Waals surface area contributed by atoms with Gasteiger partial charge >= 0.3 is 0 Å². The summed E-state index contributed by atoms with van der Waals surface area (Å²) < 4.78 is 27.3. The van der Waals surface area contributed by atoms with Gasteiger partial charge in [-0.2, -0.15) is 8.78 Å². The highest BCUT2D eigenvalue weighted by molar-refractivity contribution is 7.99. The molecule has 1 heterocycles. The number of benzene rings is 2. The highest BCUT2D eigenvalue weighted by Gasteiger charge is 2.22. The lowest BCUT2D eigenvalue weighted by Gasteiger charge is -2.25. The van der Waals surface area contributed by atoms with Crippen LogP contribution in [-0.2, 0) is 24.2 Å². The standard InChI is InChI=1S/C20H19F2N3OS/c21-19(22)27-20-24-16-7-3-4-8-17(16)25(20)12-18(26)23-15-10-9-13-5-1-2-6-14(13)11-15/h1-8,15,19H,9-12H2,(H,23,26). The van der Waals surface area contributed by atoms with Crippen molar-refractivity contribution < 1.29 is 13.6 Å². The Bertz CT molecular complexity index is 973. The van der Waals surface area contributed by atoms with E-state index in [2.05, 4.69) is 22.4 Å². The van der Waals surface area contributed by atoms with Crippen LogP contribution in [0.3, 0.4) is 0 Å². The van der Waals surface area contributed by atoms with Gasteiger partial charge in [0.2, 0.25) is 5.91 Å². The number of nitrogens with zero attached hydrogens (tertiary/aromatic N) is 2. The first kappa shape index (κ1) is 18.0. The van der Waals surface area contributed by atoms with Gasteiger partial charge in [-0.3, -0.25) is 4.79 Å². The summed E-state index contributed by atoms with van der Waals surface area (Å²) in [6, 6.07) is 15.5. The average Bonchev–Trinajstić information content (AvgIpc) is 2.98. The minimum atomic E-state index is -2.58. The van der Waals surface area contributed by atoms with Crippen molar-refractivity contribution in [3.05, 3.63) is 59.7 Å². The fourth-order valence-electron chi connectivity index (χ4n) is 3.61. The zero-order valence-corrected chi connectivity index (χ0v) is 15.4. The number of thioether (sulfide) groups is 1. The SMILES string of the molecule is O=C(Cn1c(SC(F)F)nc2ccccc21)NC1CCc2ccccc2C1. The van der Waals surface area contributed by atoms with Crippen molar-refractivity contribution in [1.29, 1.82) is 0 Å². The number of para-hydroxylation sites is 2. The number of alkyl halides is 2. The Morgan fingerprint density at radius 2 is 1.93 bits per heavy atom. The topological polar surface area (TPSA) is 46.9 Å². The Hall–Kier alpha value is -2.41. The summed E-state index contributed by atoms with van der Waals surface area (Å²) in [5, 5.41) is 3.22. The molecule has 7 heteroatoms. The molecule has 1 aromatic heterocycles. The van der Waals surface area contributed by atoms with E-state index in [1.807, 2.05) is 18.2 Å². The lowest BCUT2D eigenvalue weighted by Crippen LogP contribution is -2.40. The van der Waals surface area contributed by atoms with Gasteiger partial charge in [-0.05, 0) is 54.3 Å². The van der Waals surface area contributed by atoms with Gasteiger partial charge in [-0.1, -0.05) is 36.4 Å². The maximum atomic E-state index is 12.9. The third-order valence-corrected chi connectivity index (χ3v) is 5.53. The largest absolute Gasteiger partial charge is 0.351 e. The fourth-order valence-corrected chi connectivity index (χ4v) is 4.21. The number of hydrogen-bond donors (Lipinski definition) is 1. The van der Waals surface area contributed by atoms with Gasteiger partial charge in [-0.15, -0.1) is 0 Å². The molecule has 1 N–H and O–H groups in total. The molecule has 1 amide bonds. The Morgan fingerprint density at radius 3 is 2.74 bits per heavy atom. The van der Waals surface area contributed by atoms with Crippen molar-refractivity contribution >= 4 is 28.7 Å². The van der Waals surface area contributed by atoms with E-state index in [0.29, 0.717) is 22.8 Å². The molecule has 2 aromatic carbocycles. The summed E-state index contributed by atoms with van der Waals surface area (Å²) in [5.41, 5.74) is 3.89. The minimum absolute atomic E-state index is 0.0201. The third kappa shape index (κ3) is 3.98. The van der Waals surface area contributed by atoms with Crippen LogP contribution < -0.4 is 5.32 Å². The molecule has 1 atom stereocenters. The van der Waals surface area contributed by atoms with Crippen LogP contribution in [-0.4, -0.2) is 27.3 Å². The number of nitrogens with one attached hydrogen (secondary N) is 1. The summed E-state index contributed by atoms with van der Waals surface area (Å²) in [4.78, 5) is 16.9. The molecule has 0 spiro atoms. The van der Waals surface area contributed by atoms with Crippen LogP contribution in [0.2, 0.25) is 0 Å². The molecule has 0 saturated heterocycles. The van der Waals surface area contributed by atoms with Crippen LogP contribution in [0.4, 0.5) is 8.78 Å². The number of fused-ring (bicyclic) bond motifs is 2. The molecular formula is C20H19F2N3OS. The smallest absolute Gasteiger partial charge is 0.291 e. The first-order valence-corrected chi connectivity index (χ1v) is 9.74. The normalized spacial score (nSPS) is 16.5. The van der Waals surface area contributed by atoms with Crippen LogP contribution in [0, 0.1) is 0 Å². The van der Waals surface area contributed by atoms with Crippen molar-refractivity contribution in [3.63, 3.8) is 0 Å². The monoisotopic (exact) mass is 387 g/mol. The van der Waals surface area contributed by atoms with Gasteiger partial charge in [0, 0.05) is 6.04 Å². The molecule has 27 heavy (non-hydrogen) atoms. The summed E-state index contributed by atoms with van der Waals surface area (Å²) in [6.45, 7) is -0.0201.